The maximum atomic E-state index is 2.36. The highest BCUT2D eigenvalue weighted by Crippen LogP contribution is 2.40. The minimum Gasteiger partial charge on any atom is -0.135 e. The molecule has 0 radical (unpaired) electrons. The molecule has 0 saturated heterocycles. The number of benzene rings is 5. The number of rotatable bonds is 6. The van der Waals surface area contributed by atoms with Crippen molar-refractivity contribution in [1.29, 1.82) is 0 Å². The molecule has 0 unspecified atom stereocenters. The molecule has 2 heteroatoms. The largest absolute Gasteiger partial charge is 0.135 e. The number of hydrogen-bond acceptors (Lipinski definition) is 2. The van der Waals surface area contributed by atoms with Crippen LogP contribution in [0, 0.1) is 13.8 Å². The van der Waals surface area contributed by atoms with Gasteiger partial charge in [-0.3, -0.25) is 0 Å². The van der Waals surface area contributed by atoms with Crippen LogP contribution in [0.1, 0.15) is 33.4 Å². The Morgan fingerprint density at radius 1 is 0.381 bits per heavy atom. The SMILES string of the molecule is Cc1ccc(C=Cc2ccc(-c3cc4cc5sc(-c6ccc(C=Cc7ccc(C)cc7)cc6)cc5cc4s3)cc2)cc1. The van der Waals surface area contributed by atoms with E-state index in [4.69, 9.17) is 0 Å². The smallest absolute Gasteiger partial charge is 0.0356 e. The van der Waals surface area contributed by atoms with E-state index in [2.05, 4.69) is 159 Å². The molecule has 0 spiro atoms. The summed E-state index contributed by atoms with van der Waals surface area (Å²) in [5, 5.41) is 2.63. The first kappa shape index (κ1) is 26.4. The Balaban J connectivity index is 1.08. The lowest BCUT2D eigenvalue weighted by Gasteiger charge is -1.99. The third kappa shape index (κ3) is 5.78. The summed E-state index contributed by atoms with van der Waals surface area (Å²) in [6, 6.07) is 44.4. The second-order valence-corrected chi connectivity index (χ2v) is 13.0. The minimum atomic E-state index is 1.21. The summed E-state index contributed by atoms with van der Waals surface area (Å²) in [6.45, 7) is 4.24. The average molecular weight is 575 g/mol. The van der Waals surface area contributed by atoms with Crippen LogP contribution in [0.15, 0.2) is 121 Å². The molecular weight excluding hydrogens is 545 g/mol. The molecule has 42 heavy (non-hydrogen) atoms. The van der Waals surface area contributed by atoms with Gasteiger partial charge in [0.15, 0.2) is 0 Å². The van der Waals surface area contributed by atoms with Crippen molar-refractivity contribution in [3.8, 4) is 20.9 Å². The van der Waals surface area contributed by atoms with Gasteiger partial charge in [-0.15, -0.1) is 22.7 Å². The molecule has 0 aliphatic heterocycles. The highest BCUT2D eigenvalue weighted by molar-refractivity contribution is 7.23. The van der Waals surface area contributed by atoms with Crippen molar-refractivity contribution in [2.45, 2.75) is 13.8 Å². The second kappa shape index (κ2) is 11.4. The lowest BCUT2D eigenvalue weighted by Crippen LogP contribution is -1.76. The van der Waals surface area contributed by atoms with Crippen LogP contribution in [0.4, 0.5) is 0 Å². The van der Waals surface area contributed by atoms with Crippen LogP contribution in [-0.4, -0.2) is 0 Å². The van der Waals surface area contributed by atoms with Crippen molar-refractivity contribution in [3.05, 3.63) is 155 Å². The van der Waals surface area contributed by atoms with Gasteiger partial charge in [0.1, 0.15) is 0 Å². The molecule has 2 aromatic heterocycles. The van der Waals surface area contributed by atoms with Gasteiger partial charge in [-0.05, 0) is 82.3 Å². The van der Waals surface area contributed by atoms with Crippen molar-refractivity contribution < 1.29 is 0 Å². The summed E-state index contributed by atoms with van der Waals surface area (Å²) in [5.74, 6) is 0. The Bertz CT molecular complexity index is 1850. The van der Waals surface area contributed by atoms with E-state index in [1.54, 1.807) is 0 Å². The molecular formula is C40H30S2. The molecule has 0 fully saturated rings. The Morgan fingerprint density at radius 2 is 0.690 bits per heavy atom. The Morgan fingerprint density at radius 3 is 1.02 bits per heavy atom. The third-order valence-corrected chi connectivity index (χ3v) is 9.93. The lowest BCUT2D eigenvalue weighted by atomic mass is 10.1. The van der Waals surface area contributed by atoms with Crippen LogP contribution < -0.4 is 0 Å². The van der Waals surface area contributed by atoms with Crippen molar-refractivity contribution in [3.63, 3.8) is 0 Å². The molecule has 0 atom stereocenters. The first-order chi connectivity index (χ1) is 20.6. The zero-order chi connectivity index (χ0) is 28.5. The highest BCUT2D eigenvalue weighted by atomic mass is 32.1. The molecule has 0 nitrogen and oxygen atoms in total. The molecule has 0 saturated carbocycles. The first-order valence-corrected chi connectivity index (χ1v) is 15.9. The van der Waals surface area contributed by atoms with Gasteiger partial charge in [-0.25, -0.2) is 0 Å². The molecule has 0 bridgehead atoms. The highest BCUT2D eigenvalue weighted by Gasteiger charge is 2.10. The number of thiophene rings is 2. The van der Waals surface area contributed by atoms with Gasteiger partial charge in [0.25, 0.3) is 0 Å². The Labute approximate surface area is 255 Å². The van der Waals surface area contributed by atoms with Crippen LogP contribution in [0.25, 0.3) is 65.4 Å². The predicted molar refractivity (Wildman–Crippen MR) is 188 cm³/mol. The van der Waals surface area contributed by atoms with E-state index in [9.17, 15) is 0 Å². The molecule has 0 N–H and O–H groups in total. The fraction of sp³-hybridized carbons (Fsp3) is 0.0500. The zero-order valence-corrected chi connectivity index (χ0v) is 25.3. The van der Waals surface area contributed by atoms with E-state index in [1.807, 2.05) is 22.7 Å². The molecule has 7 rings (SSSR count). The molecule has 0 amide bonds. The molecule has 202 valence electrons. The van der Waals surface area contributed by atoms with Gasteiger partial charge < -0.3 is 0 Å². The van der Waals surface area contributed by atoms with E-state index in [0.29, 0.717) is 0 Å². The molecule has 0 aliphatic carbocycles. The van der Waals surface area contributed by atoms with E-state index < -0.39 is 0 Å². The fourth-order valence-corrected chi connectivity index (χ4v) is 7.31. The van der Waals surface area contributed by atoms with Crippen molar-refractivity contribution in [1.82, 2.24) is 0 Å². The summed E-state index contributed by atoms with van der Waals surface area (Å²) >= 11 is 3.75. The molecule has 7 aromatic rings. The Kier molecular flexibility index (Phi) is 7.17. The van der Waals surface area contributed by atoms with Crippen LogP contribution >= 0.6 is 22.7 Å². The van der Waals surface area contributed by atoms with Gasteiger partial charge in [0.05, 0.1) is 0 Å². The summed E-state index contributed by atoms with van der Waals surface area (Å²) in [7, 11) is 0. The predicted octanol–water partition coefficient (Wildman–Crippen LogP) is 12.4. The quantitative estimate of drug-likeness (QED) is 0.173. The average Bonchev–Trinajstić information content (AvgIpc) is 3.63. The summed E-state index contributed by atoms with van der Waals surface area (Å²) in [5.41, 5.74) is 9.97. The van der Waals surface area contributed by atoms with Gasteiger partial charge in [0.2, 0.25) is 0 Å². The van der Waals surface area contributed by atoms with E-state index >= 15 is 0 Å². The van der Waals surface area contributed by atoms with E-state index in [0.717, 1.165) is 0 Å². The topological polar surface area (TPSA) is 0 Å². The van der Waals surface area contributed by atoms with E-state index in [1.165, 1.54) is 74.4 Å². The summed E-state index contributed by atoms with van der Waals surface area (Å²) in [4.78, 5) is 2.62. The number of aryl methyl sites for hydroxylation is 2. The summed E-state index contributed by atoms with van der Waals surface area (Å²) < 4.78 is 2.67. The fourth-order valence-electron chi connectivity index (χ4n) is 5.11. The first-order valence-electron chi connectivity index (χ1n) is 14.2. The minimum absolute atomic E-state index is 1.21. The standard InChI is InChI=1S/C40H30S2/c1-27-3-7-29(8-4-27)11-13-31-15-19-33(20-16-31)37-23-35-25-40-36(26-39(35)41-37)24-38(42-40)34-21-17-32(18-22-34)14-12-30-9-5-28(2)6-10-30/h3-26H,1-2H3. The van der Waals surface area contributed by atoms with Gasteiger partial charge in [0, 0.05) is 19.2 Å². The molecule has 2 heterocycles. The van der Waals surface area contributed by atoms with Crippen molar-refractivity contribution >= 4 is 67.1 Å². The van der Waals surface area contributed by atoms with Gasteiger partial charge in [-0.2, -0.15) is 0 Å². The monoisotopic (exact) mass is 574 g/mol. The molecule has 5 aromatic carbocycles. The maximum Gasteiger partial charge on any atom is 0.0356 e. The van der Waals surface area contributed by atoms with Crippen molar-refractivity contribution in [2.24, 2.45) is 0 Å². The third-order valence-electron chi connectivity index (χ3n) is 7.64. The van der Waals surface area contributed by atoms with Crippen LogP contribution in [0.5, 0.6) is 0 Å². The van der Waals surface area contributed by atoms with E-state index in [-0.39, 0.29) is 0 Å². The number of hydrogen-bond donors (Lipinski definition) is 0. The second-order valence-electron chi connectivity index (χ2n) is 10.9. The van der Waals surface area contributed by atoms with Gasteiger partial charge >= 0.3 is 0 Å². The number of fused-ring (bicyclic) bond motifs is 2. The van der Waals surface area contributed by atoms with Gasteiger partial charge in [-0.1, -0.05) is 132 Å². The van der Waals surface area contributed by atoms with Crippen LogP contribution in [0.2, 0.25) is 0 Å². The van der Waals surface area contributed by atoms with Crippen LogP contribution in [0.3, 0.4) is 0 Å². The van der Waals surface area contributed by atoms with Crippen LogP contribution in [-0.2, 0) is 0 Å². The Hall–Kier alpha value is -4.50. The lowest BCUT2D eigenvalue weighted by molar-refractivity contribution is 1.46. The van der Waals surface area contributed by atoms with Crippen molar-refractivity contribution in [2.75, 3.05) is 0 Å². The maximum absolute atomic E-state index is 2.36. The molecule has 0 aliphatic rings. The summed E-state index contributed by atoms with van der Waals surface area (Å²) in [6.07, 6.45) is 8.71. The normalized spacial score (nSPS) is 11.9. The zero-order valence-electron chi connectivity index (χ0n) is 23.7.